The summed E-state index contributed by atoms with van der Waals surface area (Å²) in [7, 11) is 1.95. The fraction of sp³-hybridized carbons (Fsp3) is 0.250. The van der Waals surface area contributed by atoms with Gasteiger partial charge in [0.2, 0.25) is 0 Å². The third kappa shape index (κ3) is 2.76. The Morgan fingerprint density at radius 2 is 2.32 bits per heavy atom. The summed E-state index contributed by atoms with van der Waals surface area (Å²) in [5.41, 5.74) is 1.02. The number of hydrogen-bond acceptors (Lipinski definition) is 5. The van der Waals surface area contributed by atoms with E-state index in [1.165, 1.54) is 4.70 Å². The van der Waals surface area contributed by atoms with Crippen LogP contribution in [0.15, 0.2) is 29.0 Å². The van der Waals surface area contributed by atoms with Crippen LogP contribution in [0, 0.1) is 0 Å². The van der Waals surface area contributed by atoms with Gasteiger partial charge in [-0.25, -0.2) is 4.98 Å². The van der Waals surface area contributed by atoms with E-state index < -0.39 is 0 Å². The van der Waals surface area contributed by atoms with Crippen LogP contribution in [0.1, 0.15) is 5.82 Å². The van der Waals surface area contributed by atoms with Gasteiger partial charge >= 0.3 is 0 Å². The predicted molar refractivity (Wildman–Crippen MR) is 80.5 cm³/mol. The first-order chi connectivity index (χ1) is 9.22. The Kier molecular flexibility index (Phi) is 3.48. The summed E-state index contributed by atoms with van der Waals surface area (Å²) in [5, 5.41) is 12.2. The highest BCUT2D eigenvalue weighted by Crippen LogP contribution is 2.28. The standard InChI is InChI=1S/C12H12BrN5S/c1-18-7-15-17-11(18)4-5-14-12-16-9-3-2-8(13)6-10(9)19-12/h2-3,6-7H,4-5H2,1H3,(H,14,16). The van der Waals surface area contributed by atoms with Crippen LogP contribution in [0.5, 0.6) is 0 Å². The van der Waals surface area contributed by atoms with Crippen molar-refractivity contribution in [1.82, 2.24) is 19.7 Å². The monoisotopic (exact) mass is 337 g/mol. The Morgan fingerprint density at radius 3 is 3.11 bits per heavy atom. The summed E-state index contributed by atoms with van der Waals surface area (Å²) in [6.45, 7) is 0.799. The molecule has 0 bridgehead atoms. The number of thiazole rings is 1. The second kappa shape index (κ2) is 5.26. The summed E-state index contributed by atoms with van der Waals surface area (Å²) in [4.78, 5) is 4.54. The summed E-state index contributed by atoms with van der Waals surface area (Å²) < 4.78 is 4.18. The molecule has 0 atom stereocenters. The average Bonchev–Trinajstić information content (AvgIpc) is 2.95. The van der Waals surface area contributed by atoms with Crippen molar-refractivity contribution in [2.45, 2.75) is 6.42 Å². The van der Waals surface area contributed by atoms with Crippen molar-refractivity contribution in [2.75, 3.05) is 11.9 Å². The largest absolute Gasteiger partial charge is 0.361 e. The first-order valence-electron chi connectivity index (χ1n) is 5.85. The van der Waals surface area contributed by atoms with E-state index in [1.807, 2.05) is 23.7 Å². The second-order valence-electron chi connectivity index (χ2n) is 4.17. The van der Waals surface area contributed by atoms with Gasteiger partial charge in [0.15, 0.2) is 5.13 Å². The summed E-state index contributed by atoms with van der Waals surface area (Å²) in [5.74, 6) is 0.969. The third-order valence-electron chi connectivity index (χ3n) is 2.78. The first kappa shape index (κ1) is 12.6. The molecule has 2 heterocycles. The van der Waals surface area contributed by atoms with Gasteiger partial charge in [-0.15, -0.1) is 10.2 Å². The molecule has 2 aromatic heterocycles. The van der Waals surface area contributed by atoms with Crippen LogP contribution in [-0.4, -0.2) is 26.3 Å². The Hall–Kier alpha value is -1.47. The lowest BCUT2D eigenvalue weighted by molar-refractivity contribution is 0.788. The molecule has 3 rings (SSSR count). The number of aromatic nitrogens is 4. The van der Waals surface area contributed by atoms with E-state index in [0.29, 0.717) is 0 Å². The molecular weight excluding hydrogens is 326 g/mol. The lowest BCUT2D eigenvalue weighted by atomic mass is 10.3. The predicted octanol–water partition coefficient (Wildman–Crippen LogP) is 2.84. The summed E-state index contributed by atoms with van der Waals surface area (Å²) in [6.07, 6.45) is 2.54. The van der Waals surface area contributed by atoms with E-state index in [2.05, 4.69) is 42.5 Å². The van der Waals surface area contributed by atoms with Crippen molar-refractivity contribution < 1.29 is 0 Å². The van der Waals surface area contributed by atoms with E-state index in [0.717, 1.165) is 33.9 Å². The molecule has 0 radical (unpaired) electrons. The zero-order chi connectivity index (χ0) is 13.2. The fourth-order valence-electron chi connectivity index (χ4n) is 1.79. The average molecular weight is 338 g/mol. The summed E-state index contributed by atoms with van der Waals surface area (Å²) in [6, 6.07) is 6.11. The normalized spacial score (nSPS) is 11.1. The molecule has 0 unspecified atom stereocenters. The minimum atomic E-state index is 0.799. The Balaban J connectivity index is 1.67. The van der Waals surface area contributed by atoms with Crippen LogP contribution in [0.2, 0.25) is 0 Å². The van der Waals surface area contributed by atoms with Gasteiger partial charge in [-0.3, -0.25) is 0 Å². The highest BCUT2D eigenvalue weighted by Gasteiger charge is 2.05. The van der Waals surface area contributed by atoms with Gasteiger partial charge in [0, 0.05) is 24.5 Å². The highest BCUT2D eigenvalue weighted by atomic mass is 79.9. The number of aryl methyl sites for hydroxylation is 1. The zero-order valence-electron chi connectivity index (χ0n) is 10.3. The second-order valence-corrected chi connectivity index (χ2v) is 6.11. The van der Waals surface area contributed by atoms with Crippen LogP contribution in [0.25, 0.3) is 10.2 Å². The molecule has 0 fully saturated rings. The Morgan fingerprint density at radius 1 is 1.42 bits per heavy atom. The maximum atomic E-state index is 4.54. The maximum Gasteiger partial charge on any atom is 0.183 e. The van der Waals surface area contributed by atoms with Crippen molar-refractivity contribution in [2.24, 2.45) is 7.05 Å². The third-order valence-corrected chi connectivity index (χ3v) is 4.25. The quantitative estimate of drug-likeness (QED) is 0.795. The molecule has 0 aliphatic heterocycles. The molecule has 0 aliphatic rings. The topological polar surface area (TPSA) is 55.6 Å². The lowest BCUT2D eigenvalue weighted by Gasteiger charge is -2.01. The van der Waals surface area contributed by atoms with Crippen molar-refractivity contribution in [1.29, 1.82) is 0 Å². The number of nitrogens with zero attached hydrogens (tertiary/aromatic N) is 4. The molecule has 7 heteroatoms. The number of rotatable bonds is 4. The fourth-order valence-corrected chi connectivity index (χ4v) is 3.23. The van der Waals surface area contributed by atoms with E-state index >= 15 is 0 Å². The zero-order valence-corrected chi connectivity index (χ0v) is 12.7. The molecule has 1 aromatic carbocycles. The molecule has 0 saturated heterocycles. The molecule has 0 saturated carbocycles. The van der Waals surface area contributed by atoms with Crippen LogP contribution in [0.4, 0.5) is 5.13 Å². The number of hydrogen-bond donors (Lipinski definition) is 1. The molecule has 3 aromatic rings. The Bertz CT molecular complexity index is 705. The van der Waals surface area contributed by atoms with Gasteiger partial charge in [0.25, 0.3) is 0 Å². The number of halogens is 1. The minimum absolute atomic E-state index is 0.799. The van der Waals surface area contributed by atoms with Crippen LogP contribution in [-0.2, 0) is 13.5 Å². The van der Waals surface area contributed by atoms with Crippen molar-refractivity contribution >= 4 is 42.6 Å². The highest BCUT2D eigenvalue weighted by molar-refractivity contribution is 9.10. The SMILES string of the molecule is Cn1cnnc1CCNc1nc2ccc(Br)cc2s1. The van der Waals surface area contributed by atoms with Gasteiger partial charge in [-0.2, -0.15) is 0 Å². The van der Waals surface area contributed by atoms with Gasteiger partial charge < -0.3 is 9.88 Å². The molecule has 0 spiro atoms. The molecular formula is C12H12BrN5S. The molecule has 1 N–H and O–H groups in total. The van der Waals surface area contributed by atoms with E-state index in [9.17, 15) is 0 Å². The molecule has 0 amide bonds. The van der Waals surface area contributed by atoms with Gasteiger partial charge in [-0.05, 0) is 18.2 Å². The molecule has 0 aliphatic carbocycles. The molecule has 98 valence electrons. The number of anilines is 1. The smallest absolute Gasteiger partial charge is 0.183 e. The number of benzene rings is 1. The van der Waals surface area contributed by atoms with Crippen molar-refractivity contribution in [3.63, 3.8) is 0 Å². The van der Waals surface area contributed by atoms with E-state index in [4.69, 9.17) is 0 Å². The van der Waals surface area contributed by atoms with Crippen molar-refractivity contribution in [3.05, 3.63) is 34.8 Å². The van der Waals surface area contributed by atoms with E-state index in [1.54, 1.807) is 17.7 Å². The first-order valence-corrected chi connectivity index (χ1v) is 7.46. The molecule has 19 heavy (non-hydrogen) atoms. The van der Waals surface area contributed by atoms with Crippen LogP contribution >= 0.6 is 27.3 Å². The lowest BCUT2D eigenvalue weighted by Crippen LogP contribution is -2.08. The van der Waals surface area contributed by atoms with Crippen LogP contribution < -0.4 is 5.32 Å². The van der Waals surface area contributed by atoms with Gasteiger partial charge in [-0.1, -0.05) is 27.3 Å². The number of fused-ring (bicyclic) bond motifs is 1. The molecule has 5 nitrogen and oxygen atoms in total. The maximum absolute atomic E-state index is 4.54. The minimum Gasteiger partial charge on any atom is -0.361 e. The van der Waals surface area contributed by atoms with Crippen molar-refractivity contribution in [3.8, 4) is 0 Å². The van der Waals surface area contributed by atoms with E-state index in [-0.39, 0.29) is 0 Å². The summed E-state index contributed by atoms with van der Waals surface area (Å²) >= 11 is 5.13. The Labute approximate surface area is 122 Å². The van der Waals surface area contributed by atoms with Gasteiger partial charge in [0.1, 0.15) is 12.2 Å². The van der Waals surface area contributed by atoms with Crippen LogP contribution in [0.3, 0.4) is 0 Å². The number of nitrogens with one attached hydrogen (secondary N) is 1. The van der Waals surface area contributed by atoms with Gasteiger partial charge in [0.05, 0.1) is 10.2 Å².